The zero-order valence-corrected chi connectivity index (χ0v) is 9.29. The predicted molar refractivity (Wildman–Crippen MR) is 66.3 cm³/mol. The summed E-state index contributed by atoms with van der Waals surface area (Å²) in [6.07, 6.45) is 1.65. The van der Waals surface area contributed by atoms with Crippen molar-refractivity contribution in [2.24, 2.45) is 0 Å². The van der Waals surface area contributed by atoms with Crippen molar-refractivity contribution in [2.75, 3.05) is 0 Å². The minimum absolute atomic E-state index is 0.219. The molecule has 18 heavy (non-hydrogen) atoms. The number of fused-ring (bicyclic) bond motifs is 1. The Bertz CT molecular complexity index is 701. The number of nitrogens with one attached hydrogen (secondary N) is 1. The van der Waals surface area contributed by atoms with Gasteiger partial charge in [-0.25, -0.2) is 14.8 Å². The number of H-pyrrole nitrogens is 1. The van der Waals surface area contributed by atoms with E-state index in [1.54, 1.807) is 36.5 Å². The number of carbonyl (C=O) groups is 1. The van der Waals surface area contributed by atoms with Gasteiger partial charge < -0.3 is 10.1 Å². The van der Waals surface area contributed by atoms with E-state index in [1.165, 1.54) is 0 Å². The zero-order chi connectivity index (χ0) is 12.5. The highest BCUT2D eigenvalue weighted by atomic mass is 16.4. The van der Waals surface area contributed by atoms with E-state index in [4.69, 9.17) is 5.11 Å². The molecule has 2 aromatic heterocycles. The van der Waals surface area contributed by atoms with Crippen molar-refractivity contribution in [1.29, 1.82) is 0 Å². The topological polar surface area (TPSA) is 78.9 Å². The second-order valence-corrected chi connectivity index (χ2v) is 3.81. The molecule has 2 heterocycles. The van der Waals surface area contributed by atoms with Crippen LogP contribution >= 0.6 is 0 Å². The number of aromatic nitrogens is 3. The van der Waals surface area contributed by atoms with Crippen LogP contribution in [-0.4, -0.2) is 26.0 Å². The summed E-state index contributed by atoms with van der Waals surface area (Å²) >= 11 is 0. The van der Waals surface area contributed by atoms with E-state index in [-0.39, 0.29) is 5.56 Å². The van der Waals surface area contributed by atoms with Crippen LogP contribution in [0.15, 0.2) is 42.6 Å². The lowest BCUT2D eigenvalue weighted by Gasteiger charge is -2.01. The first-order valence-corrected chi connectivity index (χ1v) is 5.39. The Morgan fingerprint density at radius 3 is 2.78 bits per heavy atom. The van der Waals surface area contributed by atoms with E-state index in [9.17, 15) is 4.79 Å². The maximum atomic E-state index is 11.2. The van der Waals surface area contributed by atoms with Crippen LogP contribution in [0.2, 0.25) is 0 Å². The summed E-state index contributed by atoms with van der Waals surface area (Å²) in [6.45, 7) is 0. The number of carboxylic acids is 1. The number of rotatable bonds is 2. The fourth-order valence-corrected chi connectivity index (χ4v) is 1.85. The van der Waals surface area contributed by atoms with Crippen molar-refractivity contribution < 1.29 is 9.90 Å². The number of aromatic amines is 1. The standard InChI is InChI=1S/C13H9N3O2/c17-13(18)9-5-2-1-4-8(9)11-15-10-6-3-7-14-12(10)16-11/h1-7H,(H,17,18)(H,14,15,16). The molecule has 0 unspecified atom stereocenters. The molecule has 0 spiro atoms. The van der Waals surface area contributed by atoms with Gasteiger partial charge in [0.25, 0.3) is 0 Å². The molecule has 5 heteroatoms. The molecular formula is C13H9N3O2. The second kappa shape index (κ2) is 3.96. The number of hydrogen-bond donors (Lipinski definition) is 2. The third-order valence-electron chi connectivity index (χ3n) is 2.67. The first kappa shape index (κ1) is 10.5. The molecule has 0 atom stereocenters. The molecule has 0 aliphatic heterocycles. The third-order valence-corrected chi connectivity index (χ3v) is 2.67. The predicted octanol–water partition coefficient (Wildman–Crippen LogP) is 2.32. The molecule has 1 aromatic carbocycles. The summed E-state index contributed by atoms with van der Waals surface area (Å²) in [5.41, 5.74) is 2.14. The molecule has 0 saturated carbocycles. The quantitative estimate of drug-likeness (QED) is 0.719. The van der Waals surface area contributed by atoms with E-state index in [0.717, 1.165) is 5.52 Å². The van der Waals surface area contributed by atoms with E-state index in [0.29, 0.717) is 17.0 Å². The van der Waals surface area contributed by atoms with Crippen LogP contribution in [0.5, 0.6) is 0 Å². The highest BCUT2D eigenvalue weighted by Crippen LogP contribution is 2.22. The Kier molecular flexibility index (Phi) is 2.30. The molecule has 0 amide bonds. The maximum Gasteiger partial charge on any atom is 0.336 e. The lowest BCUT2D eigenvalue weighted by atomic mass is 10.1. The fourth-order valence-electron chi connectivity index (χ4n) is 1.85. The molecule has 0 fully saturated rings. The van der Waals surface area contributed by atoms with Gasteiger partial charge in [0.05, 0.1) is 11.1 Å². The molecule has 88 valence electrons. The smallest absolute Gasteiger partial charge is 0.336 e. The minimum atomic E-state index is -0.973. The van der Waals surface area contributed by atoms with Gasteiger partial charge >= 0.3 is 5.97 Å². The van der Waals surface area contributed by atoms with Gasteiger partial charge in [-0.1, -0.05) is 18.2 Å². The summed E-state index contributed by atoms with van der Waals surface area (Å²) < 4.78 is 0. The number of carboxylic acid groups (broad SMARTS) is 1. The number of nitrogens with zero attached hydrogens (tertiary/aromatic N) is 2. The SMILES string of the molecule is O=C(O)c1ccccc1-c1nc2ncccc2[nH]1. The molecule has 5 nitrogen and oxygen atoms in total. The van der Waals surface area contributed by atoms with Crippen molar-refractivity contribution in [3.05, 3.63) is 48.2 Å². The second-order valence-electron chi connectivity index (χ2n) is 3.81. The van der Waals surface area contributed by atoms with Crippen molar-refractivity contribution in [3.63, 3.8) is 0 Å². The van der Waals surface area contributed by atoms with Gasteiger partial charge in [0.1, 0.15) is 5.82 Å². The summed E-state index contributed by atoms with van der Waals surface area (Å²) in [5.74, 6) is -0.458. The van der Waals surface area contributed by atoms with E-state index >= 15 is 0 Å². The first-order valence-electron chi connectivity index (χ1n) is 5.39. The third kappa shape index (κ3) is 1.62. The highest BCUT2D eigenvalue weighted by molar-refractivity contribution is 5.95. The number of pyridine rings is 1. The van der Waals surface area contributed by atoms with Crippen molar-refractivity contribution in [3.8, 4) is 11.4 Å². The fraction of sp³-hybridized carbons (Fsp3) is 0. The monoisotopic (exact) mass is 239 g/mol. The number of aromatic carboxylic acids is 1. The normalized spacial score (nSPS) is 10.7. The first-order chi connectivity index (χ1) is 8.75. The molecule has 0 aliphatic carbocycles. The van der Waals surface area contributed by atoms with E-state index < -0.39 is 5.97 Å². The number of imidazole rings is 1. The summed E-state index contributed by atoms with van der Waals surface area (Å²) in [4.78, 5) is 22.6. The average Bonchev–Trinajstić information content (AvgIpc) is 2.82. The van der Waals surface area contributed by atoms with Crippen molar-refractivity contribution in [2.45, 2.75) is 0 Å². The van der Waals surface area contributed by atoms with Crippen LogP contribution in [0.3, 0.4) is 0 Å². The molecule has 2 N–H and O–H groups in total. The number of hydrogen-bond acceptors (Lipinski definition) is 3. The minimum Gasteiger partial charge on any atom is -0.478 e. The van der Waals surface area contributed by atoms with Gasteiger partial charge in [0.2, 0.25) is 0 Å². The van der Waals surface area contributed by atoms with Crippen LogP contribution < -0.4 is 0 Å². The van der Waals surface area contributed by atoms with Crippen LogP contribution in [0, 0.1) is 0 Å². The maximum absolute atomic E-state index is 11.2. The van der Waals surface area contributed by atoms with Gasteiger partial charge in [-0.3, -0.25) is 0 Å². The van der Waals surface area contributed by atoms with Crippen LogP contribution in [0.1, 0.15) is 10.4 Å². The Morgan fingerprint density at radius 1 is 1.17 bits per heavy atom. The molecule has 3 aromatic rings. The van der Waals surface area contributed by atoms with Gasteiger partial charge in [-0.2, -0.15) is 0 Å². The molecule has 3 rings (SSSR count). The van der Waals surface area contributed by atoms with E-state index in [2.05, 4.69) is 15.0 Å². The van der Waals surface area contributed by atoms with Gasteiger partial charge in [-0.15, -0.1) is 0 Å². The number of benzene rings is 1. The molecular weight excluding hydrogens is 230 g/mol. The van der Waals surface area contributed by atoms with E-state index in [1.807, 2.05) is 6.07 Å². The van der Waals surface area contributed by atoms with Crippen LogP contribution in [0.4, 0.5) is 0 Å². The lowest BCUT2D eigenvalue weighted by Crippen LogP contribution is -1.99. The summed E-state index contributed by atoms with van der Waals surface area (Å²) in [6, 6.07) is 10.4. The largest absolute Gasteiger partial charge is 0.478 e. The molecule has 0 bridgehead atoms. The van der Waals surface area contributed by atoms with Crippen LogP contribution in [0.25, 0.3) is 22.6 Å². The molecule has 0 aliphatic rings. The van der Waals surface area contributed by atoms with Gasteiger partial charge in [-0.05, 0) is 18.2 Å². The molecule has 0 saturated heterocycles. The van der Waals surface area contributed by atoms with Gasteiger partial charge in [0, 0.05) is 11.8 Å². The lowest BCUT2D eigenvalue weighted by molar-refractivity contribution is 0.0697. The Hall–Kier alpha value is -2.69. The highest BCUT2D eigenvalue weighted by Gasteiger charge is 2.14. The Labute approximate surface area is 102 Å². The average molecular weight is 239 g/mol. The zero-order valence-electron chi connectivity index (χ0n) is 9.29. The Morgan fingerprint density at radius 2 is 2.00 bits per heavy atom. The molecule has 0 radical (unpaired) electrons. The van der Waals surface area contributed by atoms with Crippen molar-refractivity contribution >= 4 is 17.1 Å². The summed E-state index contributed by atoms with van der Waals surface area (Å²) in [5, 5.41) is 9.14. The van der Waals surface area contributed by atoms with Gasteiger partial charge in [0.15, 0.2) is 5.65 Å². The van der Waals surface area contributed by atoms with Crippen LogP contribution in [-0.2, 0) is 0 Å². The summed E-state index contributed by atoms with van der Waals surface area (Å²) in [7, 11) is 0. The Balaban J connectivity index is 2.23. The van der Waals surface area contributed by atoms with Crippen molar-refractivity contribution in [1.82, 2.24) is 15.0 Å².